The molecule has 2 fully saturated rings. The first-order valence-corrected chi connectivity index (χ1v) is 15.8. The molecule has 1 amide bonds. The molecule has 4 aromatic rings. The fraction of sp³-hybridized carbons (Fsp3) is 0.353. The molecular formula is C34H28F9N5O5. The highest BCUT2D eigenvalue weighted by Crippen LogP contribution is 2.44. The molecule has 53 heavy (non-hydrogen) atoms. The van der Waals surface area contributed by atoms with Crippen LogP contribution < -0.4 is 9.64 Å². The van der Waals surface area contributed by atoms with Crippen LogP contribution in [0.15, 0.2) is 48.7 Å². The van der Waals surface area contributed by atoms with Crippen LogP contribution in [0.2, 0.25) is 0 Å². The molecule has 2 saturated heterocycles. The second-order valence-electron chi connectivity index (χ2n) is 12.5. The quantitative estimate of drug-likeness (QED) is 0.179. The van der Waals surface area contributed by atoms with E-state index >= 15 is 0 Å². The molecule has 2 aromatic carbocycles. The largest absolute Gasteiger partial charge is 0.496 e. The molecule has 0 radical (unpaired) electrons. The van der Waals surface area contributed by atoms with Crippen LogP contribution in [0.25, 0.3) is 16.8 Å². The molecule has 2 aromatic heterocycles. The maximum Gasteiger partial charge on any atom is 0.434 e. The SMILES string of the molecule is COc1ccc(-n2ncc(C(=O)O)c2C(F)(F)F)cc1-c1c(C)cc(N2CCC2)nc1CN1C(=O)OC(c2cc(C(F)(F)F)cc(C(F)(F)F)c2)C1C. The molecule has 1 N–H and O–H groups in total. The Bertz CT molecular complexity index is 2060. The van der Waals surface area contributed by atoms with Gasteiger partial charge in [-0.25, -0.2) is 19.3 Å². The number of carboxylic acids is 1. The molecule has 19 heteroatoms. The number of methoxy groups -OCH3 is 1. The van der Waals surface area contributed by atoms with Crippen LogP contribution in [0.3, 0.4) is 0 Å². The van der Waals surface area contributed by atoms with E-state index in [1.165, 1.54) is 32.2 Å². The number of cyclic esters (lactones) is 1. The van der Waals surface area contributed by atoms with Crippen molar-refractivity contribution in [3.63, 3.8) is 0 Å². The lowest BCUT2D eigenvalue weighted by Gasteiger charge is -2.33. The van der Waals surface area contributed by atoms with E-state index in [4.69, 9.17) is 14.5 Å². The average molecular weight is 758 g/mol. The van der Waals surface area contributed by atoms with Crippen molar-refractivity contribution in [3.05, 3.63) is 87.9 Å². The summed E-state index contributed by atoms with van der Waals surface area (Å²) in [5.74, 6) is -1.25. The standard InChI is InChI=1S/C34H28F9N5O5/c1-16-9-26(46-7-4-8-46)45-24(15-47-17(2)28(53-31(47)51)18-10-19(32(35,36)37)12-20(11-18)33(38,39)40)27(16)22-13-21(5-6-25(22)52-3)48-29(34(41,42)43)23(14-44-48)30(49)50/h5-6,9-14,17,28H,4,7-8,15H2,1-3H3,(H,49,50). The number of halogens is 9. The number of amides is 1. The van der Waals surface area contributed by atoms with Crippen molar-refractivity contribution in [2.24, 2.45) is 0 Å². The minimum atomic E-state index is -5.14. The number of hydrogen-bond donors (Lipinski definition) is 1. The maximum absolute atomic E-state index is 14.1. The van der Waals surface area contributed by atoms with Gasteiger partial charge in [0.05, 0.1) is 48.4 Å². The molecule has 6 rings (SSSR count). The first-order chi connectivity index (χ1) is 24.7. The van der Waals surface area contributed by atoms with Gasteiger partial charge in [-0.1, -0.05) is 0 Å². The van der Waals surface area contributed by atoms with Crippen LogP contribution >= 0.6 is 0 Å². The number of aromatic nitrogens is 3. The van der Waals surface area contributed by atoms with Crippen LogP contribution in [0.5, 0.6) is 5.75 Å². The van der Waals surface area contributed by atoms with Crippen molar-refractivity contribution in [2.75, 3.05) is 25.1 Å². The molecule has 2 aliphatic rings. The van der Waals surface area contributed by atoms with Crippen LogP contribution in [0.1, 0.15) is 63.4 Å². The van der Waals surface area contributed by atoms with Crippen molar-refractivity contribution < 1.29 is 63.7 Å². The van der Waals surface area contributed by atoms with Gasteiger partial charge in [-0.3, -0.25) is 4.90 Å². The Balaban J connectivity index is 1.46. The Morgan fingerprint density at radius 1 is 0.962 bits per heavy atom. The van der Waals surface area contributed by atoms with Crippen molar-refractivity contribution in [2.45, 2.75) is 57.5 Å². The lowest BCUT2D eigenvalue weighted by molar-refractivity contribution is -0.144. The number of ether oxygens (including phenoxy) is 2. The van der Waals surface area contributed by atoms with Gasteiger partial charge in [-0.05, 0) is 73.9 Å². The fourth-order valence-corrected chi connectivity index (χ4v) is 6.37. The number of hydrogen-bond acceptors (Lipinski definition) is 7. The normalized spacial score (nSPS) is 17.9. The predicted octanol–water partition coefficient (Wildman–Crippen LogP) is 8.30. The van der Waals surface area contributed by atoms with E-state index in [0.29, 0.717) is 47.5 Å². The fourth-order valence-electron chi connectivity index (χ4n) is 6.37. The van der Waals surface area contributed by atoms with Gasteiger partial charge >= 0.3 is 30.6 Å². The topological polar surface area (TPSA) is 110 Å². The van der Waals surface area contributed by atoms with Gasteiger partial charge in [-0.2, -0.15) is 44.6 Å². The number of benzene rings is 2. The summed E-state index contributed by atoms with van der Waals surface area (Å²) in [5.41, 5.74) is -5.47. The van der Waals surface area contributed by atoms with E-state index < -0.39 is 77.2 Å². The Hall–Kier alpha value is -5.49. The smallest absolute Gasteiger partial charge is 0.434 e. The molecule has 0 aliphatic carbocycles. The Kier molecular flexibility index (Phi) is 9.26. The number of aryl methyl sites for hydroxylation is 1. The van der Waals surface area contributed by atoms with Gasteiger partial charge in [-0.15, -0.1) is 0 Å². The number of anilines is 1. The lowest BCUT2D eigenvalue weighted by Crippen LogP contribution is -2.38. The molecule has 0 saturated carbocycles. The summed E-state index contributed by atoms with van der Waals surface area (Å²) in [6.45, 7) is 3.93. The molecule has 282 valence electrons. The van der Waals surface area contributed by atoms with E-state index in [2.05, 4.69) is 5.10 Å². The minimum absolute atomic E-state index is 0.0339. The number of rotatable bonds is 8. The molecule has 2 aliphatic heterocycles. The van der Waals surface area contributed by atoms with Crippen LogP contribution in [0, 0.1) is 6.92 Å². The molecule has 0 spiro atoms. The number of aromatic carboxylic acids is 1. The summed E-state index contributed by atoms with van der Waals surface area (Å²) in [5, 5.41) is 13.1. The van der Waals surface area contributed by atoms with E-state index in [-0.39, 0.29) is 34.3 Å². The number of nitrogens with zero attached hydrogens (tertiary/aromatic N) is 5. The Labute approximate surface area is 294 Å². The van der Waals surface area contributed by atoms with E-state index in [0.717, 1.165) is 11.3 Å². The van der Waals surface area contributed by atoms with Crippen molar-refractivity contribution in [1.29, 1.82) is 0 Å². The van der Waals surface area contributed by atoms with Crippen LogP contribution in [-0.4, -0.2) is 63.1 Å². The number of carbonyl (C=O) groups excluding carboxylic acids is 1. The second kappa shape index (κ2) is 13.2. The predicted molar refractivity (Wildman–Crippen MR) is 168 cm³/mol. The molecule has 0 bridgehead atoms. The Morgan fingerprint density at radius 2 is 1.60 bits per heavy atom. The number of pyridine rings is 1. The molecule has 2 atom stereocenters. The van der Waals surface area contributed by atoms with Crippen LogP contribution in [0.4, 0.5) is 50.1 Å². The summed E-state index contributed by atoms with van der Waals surface area (Å²) >= 11 is 0. The van der Waals surface area contributed by atoms with Gasteiger partial charge in [0.15, 0.2) is 5.69 Å². The zero-order valence-electron chi connectivity index (χ0n) is 27.8. The van der Waals surface area contributed by atoms with Gasteiger partial charge in [0, 0.05) is 24.2 Å². The zero-order valence-corrected chi connectivity index (χ0v) is 27.8. The zero-order chi connectivity index (χ0) is 38.8. The van der Waals surface area contributed by atoms with Crippen LogP contribution in [-0.2, 0) is 29.8 Å². The van der Waals surface area contributed by atoms with E-state index in [9.17, 15) is 54.2 Å². The van der Waals surface area contributed by atoms with Crippen molar-refractivity contribution in [3.8, 4) is 22.6 Å². The minimum Gasteiger partial charge on any atom is -0.496 e. The Morgan fingerprint density at radius 3 is 2.13 bits per heavy atom. The number of carbonyl (C=O) groups is 2. The third kappa shape index (κ3) is 7.03. The summed E-state index contributed by atoms with van der Waals surface area (Å²) < 4.78 is 136. The van der Waals surface area contributed by atoms with E-state index in [1.807, 2.05) is 4.90 Å². The number of alkyl halides is 9. The highest BCUT2D eigenvalue weighted by molar-refractivity contribution is 5.89. The lowest BCUT2D eigenvalue weighted by atomic mass is 9.95. The van der Waals surface area contributed by atoms with Gasteiger partial charge in [0.2, 0.25) is 0 Å². The maximum atomic E-state index is 14.1. The third-order valence-electron chi connectivity index (χ3n) is 9.07. The highest BCUT2D eigenvalue weighted by atomic mass is 19.4. The summed E-state index contributed by atoms with van der Waals surface area (Å²) in [6, 6.07) is 5.33. The van der Waals surface area contributed by atoms with Gasteiger partial charge in [0.25, 0.3) is 0 Å². The average Bonchev–Trinajstić information content (AvgIpc) is 3.61. The molecule has 4 heterocycles. The highest BCUT2D eigenvalue weighted by Gasteiger charge is 2.44. The van der Waals surface area contributed by atoms with Crippen molar-refractivity contribution >= 4 is 17.9 Å². The first kappa shape index (κ1) is 37.3. The first-order valence-electron chi connectivity index (χ1n) is 15.8. The summed E-state index contributed by atoms with van der Waals surface area (Å²) in [4.78, 5) is 32.7. The monoisotopic (exact) mass is 757 g/mol. The number of carboxylic acid groups (broad SMARTS) is 1. The van der Waals surface area contributed by atoms with Gasteiger partial charge in [0.1, 0.15) is 23.2 Å². The van der Waals surface area contributed by atoms with Crippen molar-refractivity contribution in [1.82, 2.24) is 19.7 Å². The third-order valence-corrected chi connectivity index (χ3v) is 9.07. The second-order valence-corrected chi connectivity index (χ2v) is 12.5. The molecule has 10 nitrogen and oxygen atoms in total. The molecule has 2 unspecified atom stereocenters. The summed E-state index contributed by atoms with van der Waals surface area (Å²) in [7, 11) is 1.29. The summed E-state index contributed by atoms with van der Waals surface area (Å²) in [6.07, 6.45) is -16.6. The van der Waals surface area contributed by atoms with E-state index in [1.54, 1.807) is 13.0 Å². The van der Waals surface area contributed by atoms with Gasteiger partial charge < -0.3 is 19.5 Å². The molecular weight excluding hydrogens is 729 g/mol.